The molecule has 2 heterocycles. The number of likely N-dealkylation sites (tertiary alicyclic amines) is 2. The van der Waals surface area contributed by atoms with E-state index < -0.39 is 0 Å². The molecule has 23 heavy (non-hydrogen) atoms. The standard InChI is InChI=1S/C18H27N3O2/c1-15-5-11-20(12-6-15)17-7-9-19(10-8-17)14-16-3-2-4-18(13-16)21(22)23/h2-4,13,15,17H,5-12,14H2,1H3. The molecule has 2 aliphatic rings. The molecule has 1 aromatic carbocycles. The minimum atomic E-state index is -0.312. The molecule has 0 atom stereocenters. The van der Waals surface area contributed by atoms with Crippen molar-refractivity contribution >= 4 is 5.69 Å². The van der Waals surface area contributed by atoms with Crippen LogP contribution in [0.4, 0.5) is 5.69 Å². The molecule has 0 amide bonds. The van der Waals surface area contributed by atoms with E-state index >= 15 is 0 Å². The third-order valence-corrected chi connectivity index (χ3v) is 5.42. The van der Waals surface area contributed by atoms with Gasteiger partial charge in [-0.2, -0.15) is 0 Å². The topological polar surface area (TPSA) is 49.6 Å². The lowest BCUT2D eigenvalue weighted by Crippen LogP contribution is -2.47. The van der Waals surface area contributed by atoms with Crippen molar-refractivity contribution in [3.63, 3.8) is 0 Å². The summed E-state index contributed by atoms with van der Waals surface area (Å²) in [6.07, 6.45) is 5.13. The predicted octanol–water partition coefficient (Wildman–Crippen LogP) is 3.29. The maximum atomic E-state index is 10.9. The van der Waals surface area contributed by atoms with Crippen LogP contribution in [-0.4, -0.2) is 46.9 Å². The molecule has 0 spiro atoms. The summed E-state index contributed by atoms with van der Waals surface area (Å²) in [6, 6.07) is 7.79. The Balaban J connectivity index is 1.49. The van der Waals surface area contributed by atoms with Crippen LogP contribution in [0.2, 0.25) is 0 Å². The van der Waals surface area contributed by atoms with Gasteiger partial charge in [-0.25, -0.2) is 0 Å². The van der Waals surface area contributed by atoms with Crippen molar-refractivity contribution in [1.82, 2.24) is 9.80 Å². The van der Waals surface area contributed by atoms with Gasteiger partial charge >= 0.3 is 0 Å². The molecule has 5 nitrogen and oxygen atoms in total. The van der Waals surface area contributed by atoms with Gasteiger partial charge in [0.25, 0.3) is 5.69 Å². The maximum absolute atomic E-state index is 10.9. The molecule has 5 heteroatoms. The lowest BCUT2D eigenvalue weighted by atomic mass is 9.95. The first kappa shape index (κ1) is 16.4. The number of nitro groups is 1. The normalized spacial score (nSPS) is 22.3. The van der Waals surface area contributed by atoms with Gasteiger partial charge in [-0.3, -0.25) is 15.0 Å². The van der Waals surface area contributed by atoms with Crippen molar-refractivity contribution in [2.24, 2.45) is 5.92 Å². The molecule has 0 saturated carbocycles. The number of hydrogen-bond donors (Lipinski definition) is 0. The van der Waals surface area contributed by atoms with E-state index in [9.17, 15) is 10.1 Å². The van der Waals surface area contributed by atoms with Crippen LogP contribution in [0.5, 0.6) is 0 Å². The van der Waals surface area contributed by atoms with E-state index in [0.717, 1.165) is 37.2 Å². The molecule has 3 rings (SSSR count). The molecule has 0 unspecified atom stereocenters. The fourth-order valence-corrected chi connectivity index (χ4v) is 3.86. The zero-order valence-electron chi connectivity index (χ0n) is 14.0. The summed E-state index contributed by atoms with van der Waals surface area (Å²) >= 11 is 0. The lowest BCUT2D eigenvalue weighted by Gasteiger charge is -2.41. The van der Waals surface area contributed by atoms with E-state index in [-0.39, 0.29) is 10.6 Å². The zero-order chi connectivity index (χ0) is 16.2. The van der Waals surface area contributed by atoms with E-state index in [0.29, 0.717) is 0 Å². The van der Waals surface area contributed by atoms with E-state index in [1.165, 1.54) is 38.8 Å². The van der Waals surface area contributed by atoms with Crippen LogP contribution in [0, 0.1) is 16.0 Å². The highest BCUT2D eigenvalue weighted by Crippen LogP contribution is 2.24. The van der Waals surface area contributed by atoms with E-state index in [4.69, 9.17) is 0 Å². The smallest absolute Gasteiger partial charge is 0.269 e. The Labute approximate surface area is 138 Å². The molecule has 2 saturated heterocycles. The third kappa shape index (κ3) is 4.30. The van der Waals surface area contributed by atoms with Gasteiger partial charge in [0.05, 0.1) is 4.92 Å². The highest BCUT2D eigenvalue weighted by atomic mass is 16.6. The predicted molar refractivity (Wildman–Crippen MR) is 91.4 cm³/mol. The Morgan fingerprint density at radius 1 is 1.13 bits per heavy atom. The van der Waals surface area contributed by atoms with Gasteiger partial charge in [-0.15, -0.1) is 0 Å². The van der Waals surface area contributed by atoms with Crippen molar-refractivity contribution in [3.8, 4) is 0 Å². The van der Waals surface area contributed by atoms with Gasteiger partial charge in [-0.1, -0.05) is 19.1 Å². The summed E-state index contributed by atoms with van der Waals surface area (Å²) in [5.74, 6) is 0.889. The summed E-state index contributed by atoms with van der Waals surface area (Å²) in [5, 5.41) is 10.9. The van der Waals surface area contributed by atoms with Crippen LogP contribution < -0.4 is 0 Å². The summed E-state index contributed by atoms with van der Waals surface area (Å²) in [5.41, 5.74) is 1.24. The monoisotopic (exact) mass is 317 g/mol. The summed E-state index contributed by atoms with van der Waals surface area (Å²) in [6.45, 7) is 7.90. The van der Waals surface area contributed by atoms with E-state index in [2.05, 4.69) is 16.7 Å². The molecule has 0 bridgehead atoms. The molecule has 126 valence electrons. The quantitative estimate of drug-likeness (QED) is 0.631. The molecule has 0 N–H and O–H groups in total. The Kier molecular flexibility index (Phi) is 5.28. The first-order valence-electron chi connectivity index (χ1n) is 8.81. The first-order valence-corrected chi connectivity index (χ1v) is 8.81. The maximum Gasteiger partial charge on any atom is 0.269 e. The minimum Gasteiger partial charge on any atom is -0.300 e. The van der Waals surface area contributed by atoms with Crippen molar-refractivity contribution in [3.05, 3.63) is 39.9 Å². The number of piperidine rings is 2. The van der Waals surface area contributed by atoms with Crippen LogP contribution >= 0.6 is 0 Å². The first-order chi connectivity index (χ1) is 11.1. The van der Waals surface area contributed by atoms with E-state index in [1.54, 1.807) is 18.2 Å². The Bertz CT molecular complexity index is 533. The molecule has 1 aromatic rings. The second-order valence-electron chi connectivity index (χ2n) is 7.15. The van der Waals surface area contributed by atoms with Gasteiger partial charge < -0.3 is 4.90 Å². The third-order valence-electron chi connectivity index (χ3n) is 5.42. The Morgan fingerprint density at radius 3 is 2.48 bits per heavy atom. The van der Waals surface area contributed by atoms with Crippen molar-refractivity contribution in [2.75, 3.05) is 26.2 Å². The highest BCUT2D eigenvalue weighted by Gasteiger charge is 2.27. The molecule has 0 aliphatic carbocycles. The number of hydrogen-bond acceptors (Lipinski definition) is 4. The van der Waals surface area contributed by atoms with Gasteiger partial charge in [-0.05, 0) is 63.3 Å². The van der Waals surface area contributed by atoms with Gasteiger partial charge in [0.1, 0.15) is 0 Å². The summed E-state index contributed by atoms with van der Waals surface area (Å²) in [7, 11) is 0. The van der Waals surface area contributed by atoms with Crippen molar-refractivity contribution in [2.45, 2.75) is 45.2 Å². The van der Waals surface area contributed by atoms with Gasteiger partial charge in [0.2, 0.25) is 0 Å². The van der Waals surface area contributed by atoms with Crippen molar-refractivity contribution < 1.29 is 4.92 Å². The van der Waals surface area contributed by atoms with Crippen LogP contribution in [0.3, 0.4) is 0 Å². The van der Waals surface area contributed by atoms with Crippen LogP contribution in [0.15, 0.2) is 24.3 Å². The van der Waals surface area contributed by atoms with Crippen LogP contribution in [0.1, 0.15) is 38.2 Å². The summed E-state index contributed by atoms with van der Waals surface area (Å²) in [4.78, 5) is 15.7. The SMILES string of the molecule is CC1CCN(C2CCN(Cc3cccc([N+](=O)[O-])c3)CC2)CC1. The number of rotatable bonds is 4. The lowest BCUT2D eigenvalue weighted by molar-refractivity contribution is -0.384. The summed E-state index contributed by atoms with van der Waals surface area (Å²) < 4.78 is 0. The Hall–Kier alpha value is -1.46. The molecular weight excluding hydrogens is 290 g/mol. The highest BCUT2D eigenvalue weighted by molar-refractivity contribution is 5.34. The molecule has 2 fully saturated rings. The van der Waals surface area contributed by atoms with E-state index in [1.807, 2.05) is 6.07 Å². The van der Waals surface area contributed by atoms with Crippen LogP contribution in [-0.2, 0) is 6.54 Å². The fraction of sp³-hybridized carbons (Fsp3) is 0.667. The molecular formula is C18H27N3O2. The van der Waals surface area contributed by atoms with Gasteiger partial charge in [0.15, 0.2) is 0 Å². The number of benzene rings is 1. The second kappa shape index (κ2) is 7.41. The van der Waals surface area contributed by atoms with Crippen molar-refractivity contribution in [1.29, 1.82) is 0 Å². The average molecular weight is 317 g/mol. The zero-order valence-corrected chi connectivity index (χ0v) is 14.0. The number of nitro benzene ring substituents is 1. The Morgan fingerprint density at radius 2 is 1.83 bits per heavy atom. The van der Waals surface area contributed by atoms with Gasteiger partial charge in [0, 0.05) is 24.7 Å². The number of non-ortho nitro benzene ring substituents is 1. The second-order valence-corrected chi connectivity index (χ2v) is 7.15. The number of nitrogens with zero attached hydrogens (tertiary/aromatic N) is 3. The molecule has 0 radical (unpaired) electrons. The van der Waals surface area contributed by atoms with Crippen LogP contribution in [0.25, 0.3) is 0 Å². The fourth-order valence-electron chi connectivity index (χ4n) is 3.86. The largest absolute Gasteiger partial charge is 0.300 e. The molecule has 0 aromatic heterocycles. The average Bonchev–Trinajstić information content (AvgIpc) is 2.57. The minimum absolute atomic E-state index is 0.194. The molecule has 2 aliphatic heterocycles.